The largest absolute Gasteiger partial charge is 0.455 e. The molecule has 40 heavy (non-hydrogen) atoms. The summed E-state index contributed by atoms with van der Waals surface area (Å²) in [5, 5.41) is 0. The summed E-state index contributed by atoms with van der Waals surface area (Å²) in [6.07, 6.45) is -0.0502. The van der Waals surface area contributed by atoms with E-state index in [2.05, 4.69) is 4.98 Å². The number of aromatic amines is 1. The van der Waals surface area contributed by atoms with E-state index in [1.54, 1.807) is 36.4 Å². The normalized spacial score (nSPS) is 14.8. The van der Waals surface area contributed by atoms with Crippen LogP contribution in [-0.2, 0) is 30.4 Å². The first kappa shape index (κ1) is 28.3. The van der Waals surface area contributed by atoms with E-state index in [-0.39, 0.29) is 50.1 Å². The van der Waals surface area contributed by atoms with Gasteiger partial charge in [-0.25, -0.2) is 4.79 Å². The summed E-state index contributed by atoms with van der Waals surface area (Å²) in [7, 11) is 1.42. The zero-order chi connectivity index (χ0) is 28.8. The molecule has 12 nitrogen and oxygen atoms in total. The number of hydrogen-bond donors (Lipinski definition) is 2. The molecule has 1 aliphatic rings. The van der Waals surface area contributed by atoms with E-state index in [4.69, 9.17) is 15.2 Å². The Morgan fingerprint density at radius 1 is 1.07 bits per heavy atom. The number of carbonyl (C=O) groups is 3. The van der Waals surface area contributed by atoms with Gasteiger partial charge in [0.25, 0.3) is 11.5 Å². The van der Waals surface area contributed by atoms with Crippen LogP contribution in [0.3, 0.4) is 0 Å². The highest BCUT2D eigenvalue weighted by Gasteiger charge is 2.37. The maximum Gasteiger partial charge on any atom is 0.330 e. The molecule has 0 aliphatic carbocycles. The van der Waals surface area contributed by atoms with Gasteiger partial charge in [-0.15, -0.1) is 0 Å². The van der Waals surface area contributed by atoms with E-state index < -0.39 is 35.7 Å². The van der Waals surface area contributed by atoms with Crippen LogP contribution in [-0.4, -0.2) is 60.7 Å². The molecule has 2 aromatic carbocycles. The summed E-state index contributed by atoms with van der Waals surface area (Å²) >= 11 is 0. The summed E-state index contributed by atoms with van der Waals surface area (Å²) in [5.41, 5.74) is 6.87. The van der Waals surface area contributed by atoms with E-state index in [0.717, 1.165) is 20.6 Å². The van der Waals surface area contributed by atoms with Crippen molar-refractivity contribution < 1.29 is 23.9 Å². The SMILES string of the molecule is COCCN(C(=O)COC(=O)C1CC(=O)N(c2ccc(C)cc2)C1)c1c(N)n(Cc2ccccc2)c(=O)[nH]c1=O. The zero-order valence-corrected chi connectivity index (χ0v) is 22.3. The van der Waals surface area contributed by atoms with Crippen molar-refractivity contribution in [3.05, 3.63) is 86.6 Å². The van der Waals surface area contributed by atoms with Crippen LogP contribution in [0.1, 0.15) is 17.5 Å². The number of ether oxygens (including phenoxy) is 2. The lowest BCUT2D eigenvalue weighted by atomic mass is 10.1. The molecule has 0 bridgehead atoms. The van der Waals surface area contributed by atoms with Gasteiger partial charge in [0, 0.05) is 32.3 Å². The maximum absolute atomic E-state index is 13.2. The molecule has 210 valence electrons. The Balaban J connectivity index is 1.50. The fourth-order valence-electron chi connectivity index (χ4n) is 4.47. The van der Waals surface area contributed by atoms with E-state index >= 15 is 0 Å². The van der Waals surface area contributed by atoms with Crippen molar-refractivity contribution >= 4 is 35.0 Å². The zero-order valence-electron chi connectivity index (χ0n) is 22.3. The number of rotatable bonds is 10. The van der Waals surface area contributed by atoms with Crippen LogP contribution in [0.2, 0.25) is 0 Å². The summed E-state index contributed by atoms with van der Waals surface area (Å²) in [4.78, 5) is 68.7. The molecule has 3 N–H and O–H groups in total. The third-order valence-corrected chi connectivity index (χ3v) is 6.63. The Labute approximate surface area is 229 Å². The van der Waals surface area contributed by atoms with Crippen molar-refractivity contribution in [3.63, 3.8) is 0 Å². The fourth-order valence-corrected chi connectivity index (χ4v) is 4.47. The van der Waals surface area contributed by atoms with Crippen LogP contribution in [0, 0.1) is 12.8 Å². The number of carbonyl (C=O) groups excluding carboxylic acids is 3. The van der Waals surface area contributed by atoms with Crippen molar-refractivity contribution in [2.24, 2.45) is 5.92 Å². The van der Waals surface area contributed by atoms with Crippen molar-refractivity contribution in [2.45, 2.75) is 19.9 Å². The Morgan fingerprint density at radius 3 is 2.45 bits per heavy atom. The standard InChI is InChI=1S/C28H31N5O7/c1-18-8-10-21(11-9-18)32-16-20(14-22(32)34)27(37)40-17-23(35)31(12-13-39-2)24-25(29)33(28(38)30-26(24)36)15-19-6-4-3-5-7-19/h3-11,20H,12-17,29H2,1-2H3,(H,30,36,38). The highest BCUT2D eigenvalue weighted by Crippen LogP contribution is 2.26. The molecular formula is C28H31N5O7. The number of benzene rings is 2. The molecule has 0 saturated carbocycles. The highest BCUT2D eigenvalue weighted by atomic mass is 16.5. The van der Waals surface area contributed by atoms with E-state index in [1.807, 2.05) is 25.1 Å². The van der Waals surface area contributed by atoms with Crippen molar-refractivity contribution in [3.8, 4) is 0 Å². The second-order valence-corrected chi connectivity index (χ2v) is 9.45. The van der Waals surface area contributed by atoms with Gasteiger partial charge in [-0.05, 0) is 24.6 Å². The smallest absolute Gasteiger partial charge is 0.330 e. The summed E-state index contributed by atoms with van der Waals surface area (Å²) < 4.78 is 11.5. The topological polar surface area (TPSA) is 157 Å². The van der Waals surface area contributed by atoms with Crippen LogP contribution in [0.25, 0.3) is 0 Å². The highest BCUT2D eigenvalue weighted by molar-refractivity contribution is 6.00. The molecule has 1 fully saturated rings. The number of nitrogen functional groups attached to an aromatic ring is 1. The average Bonchev–Trinajstić information content (AvgIpc) is 3.33. The Morgan fingerprint density at radius 2 is 1.77 bits per heavy atom. The van der Waals surface area contributed by atoms with Gasteiger partial charge in [0.05, 0.1) is 19.1 Å². The van der Waals surface area contributed by atoms with Gasteiger partial charge < -0.3 is 20.1 Å². The molecule has 0 radical (unpaired) electrons. The predicted molar refractivity (Wildman–Crippen MR) is 148 cm³/mol. The minimum atomic E-state index is -0.863. The molecule has 1 saturated heterocycles. The fraction of sp³-hybridized carbons (Fsp3) is 0.321. The van der Waals surface area contributed by atoms with Crippen molar-refractivity contribution in [2.75, 3.05) is 48.9 Å². The number of nitrogens with one attached hydrogen (secondary N) is 1. The van der Waals surface area contributed by atoms with Crippen LogP contribution in [0.5, 0.6) is 0 Å². The van der Waals surface area contributed by atoms with E-state index in [9.17, 15) is 24.0 Å². The number of methoxy groups -OCH3 is 1. The monoisotopic (exact) mass is 549 g/mol. The Bertz CT molecular complexity index is 1500. The molecule has 2 heterocycles. The van der Waals surface area contributed by atoms with Gasteiger partial charge in [0.2, 0.25) is 5.91 Å². The van der Waals surface area contributed by atoms with Gasteiger partial charge in [0.1, 0.15) is 5.82 Å². The van der Waals surface area contributed by atoms with Gasteiger partial charge >= 0.3 is 11.7 Å². The lowest BCUT2D eigenvalue weighted by Crippen LogP contribution is -2.44. The Hall–Kier alpha value is -4.71. The number of H-pyrrole nitrogens is 1. The lowest BCUT2D eigenvalue weighted by molar-refractivity contribution is -0.151. The number of nitrogens with two attached hydrogens (primary N) is 1. The second-order valence-electron chi connectivity index (χ2n) is 9.45. The number of aryl methyl sites for hydroxylation is 1. The molecule has 3 aromatic rings. The molecular weight excluding hydrogens is 518 g/mol. The summed E-state index contributed by atoms with van der Waals surface area (Å²) in [6.45, 7) is 1.37. The van der Waals surface area contributed by atoms with Gasteiger partial charge in [-0.3, -0.25) is 33.6 Å². The Kier molecular flexibility index (Phi) is 8.80. The summed E-state index contributed by atoms with van der Waals surface area (Å²) in [5.74, 6) is -2.65. The predicted octanol–water partition coefficient (Wildman–Crippen LogP) is 1.05. The number of amides is 2. The van der Waals surface area contributed by atoms with Gasteiger partial charge in [-0.1, -0.05) is 48.0 Å². The van der Waals surface area contributed by atoms with E-state index in [1.165, 1.54) is 12.0 Å². The van der Waals surface area contributed by atoms with Crippen LogP contribution in [0.4, 0.5) is 17.2 Å². The quantitative estimate of drug-likeness (QED) is 0.355. The van der Waals surface area contributed by atoms with Crippen LogP contribution < -0.4 is 26.8 Å². The number of anilines is 3. The molecule has 1 aliphatic heterocycles. The van der Waals surface area contributed by atoms with Crippen LogP contribution in [0.15, 0.2) is 64.2 Å². The van der Waals surface area contributed by atoms with Crippen molar-refractivity contribution in [1.29, 1.82) is 0 Å². The lowest BCUT2D eigenvalue weighted by Gasteiger charge is -2.24. The number of hydrogen-bond acceptors (Lipinski definition) is 8. The average molecular weight is 550 g/mol. The third kappa shape index (κ3) is 6.29. The molecule has 12 heteroatoms. The first-order valence-electron chi connectivity index (χ1n) is 12.7. The van der Waals surface area contributed by atoms with Crippen LogP contribution >= 0.6 is 0 Å². The molecule has 1 unspecified atom stereocenters. The molecule has 0 spiro atoms. The second kappa shape index (κ2) is 12.4. The number of aromatic nitrogens is 2. The minimum Gasteiger partial charge on any atom is -0.455 e. The first-order valence-corrected chi connectivity index (χ1v) is 12.7. The number of nitrogens with zero attached hydrogens (tertiary/aromatic N) is 3. The summed E-state index contributed by atoms with van der Waals surface area (Å²) in [6, 6.07) is 16.3. The maximum atomic E-state index is 13.2. The molecule has 2 amide bonds. The number of esters is 1. The van der Waals surface area contributed by atoms with Gasteiger partial charge in [-0.2, -0.15) is 0 Å². The third-order valence-electron chi connectivity index (χ3n) is 6.63. The molecule has 1 atom stereocenters. The van der Waals surface area contributed by atoms with E-state index in [0.29, 0.717) is 5.69 Å². The van der Waals surface area contributed by atoms with Crippen molar-refractivity contribution in [1.82, 2.24) is 9.55 Å². The first-order chi connectivity index (χ1) is 19.2. The molecule has 4 rings (SSSR count). The van der Waals surface area contributed by atoms with Gasteiger partial charge in [0.15, 0.2) is 12.3 Å². The minimum absolute atomic E-state index is 0.0407. The molecule has 1 aromatic heterocycles.